The van der Waals surface area contributed by atoms with Crippen LogP contribution >= 0.6 is 0 Å². The number of carboxylic acids is 1. The lowest BCUT2D eigenvalue weighted by molar-refractivity contribution is -0.149. The summed E-state index contributed by atoms with van der Waals surface area (Å²) in [6.45, 7) is 8.84. The summed E-state index contributed by atoms with van der Waals surface area (Å²) in [5.74, 6) is 0.0315. The van der Waals surface area contributed by atoms with E-state index in [0.717, 1.165) is 19.3 Å². The number of unbranched alkanes of at least 4 members (excludes halogenated alkanes) is 18. The average Bonchev–Trinajstić information content (AvgIpc) is 2.82. The molecule has 1 N–H and O–H groups in total. The topological polar surface area (TPSA) is 37.3 Å². The molecule has 2 atom stereocenters. The van der Waals surface area contributed by atoms with Crippen LogP contribution < -0.4 is 0 Å². The van der Waals surface area contributed by atoms with E-state index in [2.05, 4.69) is 20.8 Å². The van der Waals surface area contributed by atoms with Crippen LogP contribution in [0, 0.1) is 11.3 Å². The van der Waals surface area contributed by atoms with Crippen molar-refractivity contribution in [3.63, 3.8) is 0 Å². The average molecular weight is 481 g/mol. The Balaban J connectivity index is 4.04. The molecule has 0 heterocycles. The number of hydrogen-bond donors (Lipinski definition) is 1. The first-order valence-corrected chi connectivity index (χ1v) is 15.7. The maximum atomic E-state index is 12.2. The highest BCUT2D eigenvalue weighted by Crippen LogP contribution is 2.36. The van der Waals surface area contributed by atoms with Gasteiger partial charge in [-0.15, -0.1) is 0 Å². The molecule has 0 radical (unpaired) electrons. The molecule has 34 heavy (non-hydrogen) atoms. The van der Waals surface area contributed by atoms with Crippen molar-refractivity contribution in [2.75, 3.05) is 0 Å². The lowest BCUT2D eigenvalue weighted by atomic mass is 9.74. The van der Waals surface area contributed by atoms with Crippen molar-refractivity contribution in [1.82, 2.24) is 0 Å². The summed E-state index contributed by atoms with van der Waals surface area (Å²) in [4.78, 5) is 12.2. The molecule has 0 spiro atoms. The Bertz CT molecular complexity index is 433. The fraction of sp³-hybridized carbons (Fsp3) is 0.969. The van der Waals surface area contributed by atoms with Crippen molar-refractivity contribution < 1.29 is 9.90 Å². The van der Waals surface area contributed by atoms with E-state index in [9.17, 15) is 9.90 Å². The molecular formula is C32H64O2. The highest BCUT2D eigenvalue weighted by molar-refractivity contribution is 5.74. The Kier molecular flexibility index (Phi) is 23.8. The highest BCUT2D eigenvalue weighted by atomic mass is 16.4. The Morgan fingerprint density at radius 2 is 0.912 bits per heavy atom. The number of carboxylic acid groups (broad SMARTS) is 1. The van der Waals surface area contributed by atoms with Crippen molar-refractivity contribution in [3.05, 3.63) is 0 Å². The molecule has 0 aliphatic rings. The number of aliphatic carboxylic acids is 1. The third kappa shape index (κ3) is 19.7. The normalized spacial score (nSPS) is 14.2. The smallest absolute Gasteiger partial charge is 0.309 e. The van der Waals surface area contributed by atoms with Crippen molar-refractivity contribution in [3.8, 4) is 0 Å². The van der Waals surface area contributed by atoms with Gasteiger partial charge in [0.1, 0.15) is 0 Å². The summed E-state index contributed by atoms with van der Waals surface area (Å²) < 4.78 is 0. The van der Waals surface area contributed by atoms with E-state index < -0.39 is 11.4 Å². The van der Waals surface area contributed by atoms with Gasteiger partial charge in [0.05, 0.1) is 5.41 Å². The number of hydrogen-bond acceptors (Lipinski definition) is 1. The summed E-state index contributed by atoms with van der Waals surface area (Å²) in [5.41, 5.74) is -0.529. The zero-order valence-electron chi connectivity index (χ0n) is 24.1. The molecule has 204 valence electrons. The van der Waals surface area contributed by atoms with E-state index in [1.54, 1.807) is 0 Å². The van der Waals surface area contributed by atoms with Crippen LogP contribution in [0.4, 0.5) is 0 Å². The Morgan fingerprint density at radius 1 is 0.559 bits per heavy atom. The molecule has 0 fully saturated rings. The molecule has 2 heteroatoms. The molecular weight excluding hydrogens is 416 g/mol. The molecule has 2 nitrogen and oxygen atoms in total. The highest BCUT2D eigenvalue weighted by Gasteiger charge is 2.34. The summed E-state index contributed by atoms with van der Waals surface area (Å²) in [6.07, 6.45) is 32.1. The van der Waals surface area contributed by atoms with Gasteiger partial charge in [0.2, 0.25) is 0 Å². The van der Waals surface area contributed by atoms with Crippen molar-refractivity contribution in [2.24, 2.45) is 11.3 Å². The molecule has 0 aliphatic carbocycles. The number of carbonyl (C=O) groups is 1. The van der Waals surface area contributed by atoms with Gasteiger partial charge in [-0.1, -0.05) is 168 Å². The van der Waals surface area contributed by atoms with E-state index in [-0.39, 0.29) is 0 Å². The van der Waals surface area contributed by atoms with Gasteiger partial charge < -0.3 is 5.11 Å². The first-order valence-electron chi connectivity index (χ1n) is 15.7. The second-order valence-corrected chi connectivity index (χ2v) is 11.6. The quantitative estimate of drug-likeness (QED) is 0.119. The molecule has 0 bridgehead atoms. The zero-order valence-corrected chi connectivity index (χ0v) is 24.1. The minimum absolute atomic E-state index is 0.529. The summed E-state index contributed by atoms with van der Waals surface area (Å²) >= 11 is 0. The van der Waals surface area contributed by atoms with Crippen molar-refractivity contribution in [2.45, 2.75) is 188 Å². The molecule has 0 aromatic heterocycles. The minimum atomic E-state index is -0.560. The fourth-order valence-corrected chi connectivity index (χ4v) is 5.52. The van der Waals surface area contributed by atoms with Crippen LogP contribution in [0.5, 0.6) is 0 Å². The second-order valence-electron chi connectivity index (χ2n) is 11.6. The largest absolute Gasteiger partial charge is 0.481 e. The standard InChI is InChI=1S/C32H64O2/c1-5-8-11-13-14-15-16-17-18-19-20-21-23-25-28-32(4,31(33)34)29-30(26-10-7-3)27-24-22-12-9-6-2/h30H,5-29H2,1-4H3,(H,33,34). The fourth-order valence-electron chi connectivity index (χ4n) is 5.52. The maximum Gasteiger partial charge on any atom is 0.309 e. The van der Waals surface area contributed by atoms with Gasteiger partial charge in [-0.25, -0.2) is 0 Å². The first kappa shape index (κ1) is 33.5. The molecule has 0 saturated heterocycles. The maximum absolute atomic E-state index is 12.2. The zero-order chi connectivity index (χ0) is 25.3. The van der Waals surface area contributed by atoms with Gasteiger partial charge in [-0.2, -0.15) is 0 Å². The summed E-state index contributed by atoms with van der Waals surface area (Å²) in [7, 11) is 0. The second kappa shape index (κ2) is 24.2. The molecule has 0 amide bonds. The van der Waals surface area contributed by atoms with Crippen LogP contribution in [0.25, 0.3) is 0 Å². The van der Waals surface area contributed by atoms with Crippen LogP contribution in [0.1, 0.15) is 188 Å². The predicted molar refractivity (Wildman–Crippen MR) is 152 cm³/mol. The third-order valence-electron chi connectivity index (χ3n) is 8.02. The Labute approximate surface area is 215 Å². The van der Waals surface area contributed by atoms with E-state index >= 15 is 0 Å². The molecule has 0 aromatic rings. The van der Waals surface area contributed by atoms with Crippen molar-refractivity contribution in [1.29, 1.82) is 0 Å². The summed E-state index contributed by atoms with van der Waals surface area (Å²) in [6, 6.07) is 0. The SMILES string of the molecule is CCCCCCCCCCCCCCCCC(C)(CC(CCCC)CCCCCCC)C(=O)O. The molecule has 0 saturated carbocycles. The van der Waals surface area contributed by atoms with Gasteiger partial charge in [0, 0.05) is 0 Å². The van der Waals surface area contributed by atoms with Crippen LogP contribution in [0.15, 0.2) is 0 Å². The predicted octanol–water partition coefficient (Wildman–Crippen LogP) is 11.5. The third-order valence-corrected chi connectivity index (χ3v) is 8.02. The van der Waals surface area contributed by atoms with Gasteiger partial charge >= 0.3 is 5.97 Å². The summed E-state index contributed by atoms with van der Waals surface area (Å²) in [5, 5.41) is 10.1. The van der Waals surface area contributed by atoms with Crippen LogP contribution in [-0.2, 0) is 4.79 Å². The molecule has 0 aliphatic heterocycles. The van der Waals surface area contributed by atoms with Gasteiger partial charge in [0.15, 0.2) is 0 Å². The Hall–Kier alpha value is -0.530. The Morgan fingerprint density at radius 3 is 1.32 bits per heavy atom. The lowest BCUT2D eigenvalue weighted by Gasteiger charge is -2.30. The van der Waals surface area contributed by atoms with E-state index in [4.69, 9.17) is 0 Å². The van der Waals surface area contributed by atoms with Gasteiger partial charge in [-0.05, 0) is 25.7 Å². The molecule has 0 rings (SSSR count). The van der Waals surface area contributed by atoms with Gasteiger partial charge in [0.25, 0.3) is 0 Å². The van der Waals surface area contributed by atoms with E-state index in [1.165, 1.54) is 141 Å². The van der Waals surface area contributed by atoms with E-state index in [0.29, 0.717) is 5.92 Å². The minimum Gasteiger partial charge on any atom is -0.481 e. The monoisotopic (exact) mass is 480 g/mol. The van der Waals surface area contributed by atoms with Crippen LogP contribution in [-0.4, -0.2) is 11.1 Å². The van der Waals surface area contributed by atoms with Crippen molar-refractivity contribution >= 4 is 5.97 Å². The van der Waals surface area contributed by atoms with Gasteiger partial charge in [-0.3, -0.25) is 4.79 Å². The van der Waals surface area contributed by atoms with E-state index in [1.807, 2.05) is 6.92 Å². The lowest BCUT2D eigenvalue weighted by Crippen LogP contribution is -2.30. The molecule has 2 unspecified atom stereocenters. The number of rotatable bonds is 27. The molecule has 0 aromatic carbocycles. The first-order chi connectivity index (χ1) is 16.5. The van der Waals surface area contributed by atoms with Crippen LogP contribution in [0.3, 0.4) is 0 Å². The van der Waals surface area contributed by atoms with Crippen LogP contribution in [0.2, 0.25) is 0 Å².